The normalized spacial score (nSPS) is 10.5. The van der Waals surface area contributed by atoms with E-state index in [4.69, 9.17) is 9.47 Å². The molecule has 0 aliphatic rings. The molecule has 0 saturated heterocycles. The van der Waals surface area contributed by atoms with Crippen molar-refractivity contribution < 1.29 is 19.1 Å². The van der Waals surface area contributed by atoms with Crippen molar-refractivity contribution >= 4 is 39.6 Å². The molecule has 0 amide bonds. The Morgan fingerprint density at radius 2 is 1.85 bits per heavy atom. The first-order chi connectivity index (χ1) is 12.4. The van der Waals surface area contributed by atoms with Crippen molar-refractivity contribution in [3.05, 3.63) is 51.5 Å². The number of ether oxygens (including phenoxy) is 2. The van der Waals surface area contributed by atoms with Gasteiger partial charge in [-0.1, -0.05) is 28.1 Å². The third kappa shape index (κ3) is 4.48. The number of halogens is 1. The van der Waals surface area contributed by atoms with Crippen molar-refractivity contribution in [3.63, 3.8) is 0 Å². The van der Waals surface area contributed by atoms with Gasteiger partial charge in [0.1, 0.15) is 0 Å². The quantitative estimate of drug-likeness (QED) is 0.468. The molecule has 2 rings (SSSR count). The number of hydrogen-bond donors (Lipinski definition) is 0. The van der Waals surface area contributed by atoms with Crippen molar-refractivity contribution in [2.75, 3.05) is 20.0 Å². The van der Waals surface area contributed by atoms with E-state index in [9.17, 15) is 9.59 Å². The highest BCUT2D eigenvalue weighted by Crippen LogP contribution is 2.36. The van der Waals surface area contributed by atoms with E-state index in [0.717, 1.165) is 31.6 Å². The molecule has 0 N–H and O–H groups in total. The second-order valence-electron chi connectivity index (χ2n) is 5.59. The van der Waals surface area contributed by atoms with E-state index in [-0.39, 0.29) is 12.4 Å². The molecular formula is C20H21BrO4S. The molecule has 0 heterocycles. The van der Waals surface area contributed by atoms with Crippen LogP contribution in [0, 0.1) is 6.92 Å². The molecule has 26 heavy (non-hydrogen) atoms. The molecule has 2 aromatic rings. The lowest BCUT2D eigenvalue weighted by molar-refractivity contribution is -0.142. The second kappa shape index (κ2) is 9.24. The molecular weight excluding hydrogens is 416 g/mol. The van der Waals surface area contributed by atoms with Crippen LogP contribution >= 0.6 is 27.7 Å². The Balaban J connectivity index is 2.71. The first-order valence-corrected chi connectivity index (χ1v) is 10.1. The van der Waals surface area contributed by atoms with E-state index in [1.165, 1.54) is 18.9 Å². The standard InChI is InChI=1S/C20H21BrO4S/c1-5-25-18(22)11-15-12(2)19(20(23)24-3)17(26-4)10-16(15)13-6-8-14(21)9-7-13/h6-10H,5,11H2,1-4H3. The summed E-state index contributed by atoms with van der Waals surface area (Å²) in [6.45, 7) is 3.94. The predicted molar refractivity (Wildman–Crippen MR) is 108 cm³/mol. The topological polar surface area (TPSA) is 52.6 Å². The summed E-state index contributed by atoms with van der Waals surface area (Å²) in [4.78, 5) is 25.3. The van der Waals surface area contributed by atoms with E-state index in [2.05, 4.69) is 15.9 Å². The number of rotatable bonds is 6. The highest BCUT2D eigenvalue weighted by Gasteiger charge is 2.23. The lowest BCUT2D eigenvalue weighted by atomic mass is 9.90. The van der Waals surface area contributed by atoms with E-state index in [1.54, 1.807) is 6.92 Å². The van der Waals surface area contributed by atoms with Gasteiger partial charge in [0.25, 0.3) is 0 Å². The number of benzene rings is 2. The molecule has 0 unspecified atom stereocenters. The minimum atomic E-state index is -0.403. The van der Waals surface area contributed by atoms with Gasteiger partial charge in [0.15, 0.2) is 0 Å². The predicted octanol–water partition coefficient (Wildman–Crippen LogP) is 5.04. The van der Waals surface area contributed by atoms with Crippen LogP contribution in [0.15, 0.2) is 39.7 Å². The van der Waals surface area contributed by atoms with E-state index < -0.39 is 5.97 Å². The Bertz CT molecular complexity index is 816. The molecule has 0 aliphatic carbocycles. The monoisotopic (exact) mass is 436 g/mol. The average Bonchev–Trinajstić information content (AvgIpc) is 2.63. The summed E-state index contributed by atoms with van der Waals surface area (Å²) in [7, 11) is 1.36. The Morgan fingerprint density at radius 1 is 1.19 bits per heavy atom. The molecule has 138 valence electrons. The fraction of sp³-hybridized carbons (Fsp3) is 0.300. The highest BCUT2D eigenvalue weighted by atomic mass is 79.9. The highest BCUT2D eigenvalue weighted by molar-refractivity contribution is 9.10. The lowest BCUT2D eigenvalue weighted by Gasteiger charge is -2.18. The summed E-state index contributed by atoms with van der Waals surface area (Å²) < 4.78 is 11.1. The number of thioether (sulfide) groups is 1. The Labute approximate surface area is 166 Å². The third-order valence-corrected chi connectivity index (χ3v) is 5.36. The van der Waals surface area contributed by atoms with Gasteiger partial charge in [0.2, 0.25) is 0 Å². The third-order valence-electron chi connectivity index (χ3n) is 4.07. The van der Waals surface area contributed by atoms with Gasteiger partial charge in [0, 0.05) is 9.37 Å². The van der Waals surface area contributed by atoms with E-state index >= 15 is 0 Å². The van der Waals surface area contributed by atoms with Crippen molar-refractivity contribution in [3.8, 4) is 11.1 Å². The zero-order valence-electron chi connectivity index (χ0n) is 15.2. The summed E-state index contributed by atoms with van der Waals surface area (Å²) in [6.07, 6.45) is 2.02. The minimum Gasteiger partial charge on any atom is -0.466 e. The molecule has 0 spiro atoms. The first kappa shape index (κ1) is 20.5. The number of methoxy groups -OCH3 is 1. The summed E-state index contributed by atoms with van der Waals surface area (Å²) in [5, 5.41) is 0. The van der Waals surface area contributed by atoms with Crippen LogP contribution in [0.5, 0.6) is 0 Å². The average molecular weight is 437 g/mol. The minimum absolute atomic E-state index is 0.101. The second-order valence-corrected chi connectivity index (χ2v) is 7.35. The molecule has 0 aromatic heterocycles. The molecule has 0 radical (unpaired) electrons. The number of hydrogen-bond acceptors (Lipinski definition) is 5. The molecule has 0 bridgehead atoms. The van der Waals surface area contributed by atoms with Gasteiger partial charge in [-0.3, -0.25) is 4.79 Å². The maximum absolute atomic E-state index is 12.3. The number of carbonyl (C=O) groups excluding carboxylic acids is 2. The lowest BCUT2D eigenvalue weighted by Crippen LogP contribution is -2.14. The molecule has 0 saturated carbocycles. The Kier molecular flexibility index (Phi) is 7.29. The zero-order valence-corrected chi connectivity index (χ0v) is 17.6. The zero-order chi connectivity index (χ0) is 19.3. The maximum Gasteiger partial charge on any atom is 0.339 e. The van der Waals surface area contributed by atoms with Gasteiger partial charge in [-0.2, -0.15) is 0 Å². The van der Waals surface area contributed by atoms with Crippen LogP contribution in [-0.4, -0.2) is 31.9 Å². The molecule has 4 nitrogen and oxygen atoms in total. The van der Waals surface area contributed by atoms with Crippen LogP contribution in [0.4, 0.5) is 0 Å². The van der Waals surface area contributed by atoms with Crippen LogP contribution in [0.3, 0.4) is 0 Å². The van der Waals surface area contributed by atoms with Crippen LogP contribution < -0.4 is 0 Å². The summed E-state index contributed by atoms with van der Waals surface area (Å²) in [5.74, 6) is -0.721. The van der Waals surface area contributed by atoms with Gasteiger partial charge >= 0.3 is 11.9 Å². The van der Waals surface area contributed by atoms with Gasteiger partial charge in [-0.05, 0) is 60.6 Å². The van der Waals surface area contributed by atoms with Crippen LogP contribution in [0.25, 0.3) is 11.1 Å². The SMILES string of the molecule is CCOC(=O)Cc1c(-c2ccc(Br)cc2)cc(SC)c(C(=O)OC)c1C. The van der Waals surface area contributed by atoms with Crippen molar-refractivity contribution in [1.82, 2.24) is 0 Å². The van der Waals surface area contributed by atoms with Gasteiger partial charge in [-0.15, -0.1) is 11.8 Å². The fourth-order valence-electron chi connectivity index (χ4n) is 2.82. The van der Waals surface area contributed by atoms with Crippen LogP contribution in [-0.2, 0) is 20.7 Å². The number of carbonyl (C=O) groups is 2. The fourth-order valence-corrected chi connectivity index (χ4v) is 3.76. The Hall–Kier alpha value is -1.79. The van der Waals surface area contributed by atoms with Gasteiger partial charge < -0.3 is 9.47 Å². The van der Waals surface area contributed by atoms with Crippen molar-refractivity contribution in [1.29, 1.82) is 0 Å². The van der Waals surface area contributed by atoms with Crippen molar-refractivity contribution in [2.45, 2.75) is 25.2 Å². The van der Waals surface area contributed by atoms with Crippen LogP contribution in [0.2, 0.25) is 0 Å². The summed E-state index contributed by atoms with van der Waals surface area (Å²) in [6, 6.07) is 9.81. The molecule has 0 aliphatic heterocycles. The number of esters is 2. The molecule has 0 atom stereocenters. The Morgan fingerprint density at radius 3 is 2.38 bits per heavy atom. The molecule has 6 heteroatoms. The van der Waals surface area contributed by atoms with Gasteiger partial charge in [0.05, 0.1) is 25.7 Å². The van der Waals surface area contributed by atoms with Gasteiger partial charge in [-0.25, -0.2) is 4.79 Å². The van der Waals surface area contributed by atoms with E-state index in [0.29, 0.717) is 12.2 Å². The molecule has 0 fully saturated rings. The van der Waals surface area contributed by atoms with E-state index in [1.807, 2.05) is 43.5 Å². The largest absolute Gasteiger partial charge is 0.466 e. The smallest absolute Gasteiger partial charge is 0.339 e. The van der Waals surface area contributed by atoms with Crippen molar-refractivity contribution in [2.24, 2.45) is 0 Å². The molecule has 2 aromatic carbocycles. The van der Waals surface area contributed by atoms with Crippen LogP contribution in [0.1, 0.15) is 28.4 Å². The maximum atomic E-state index is 12.3. The summed E-state index contributed by atoms with van der Waals surface area (Å²) >= 11 is 4.92. The summed E-state index contributed by atoms with van der Waals surface area (Å²) in [5.41, 5.74) is 3.92. The first-order valence-electron chi connectivity index (χ1n) is 8.13.